The van der Waals surface area contributed by atoms with Crippen LogP contribution in [0.15, 0.2) is 52.6 Å². The Hall–Kier alpha value is -3.13. The lowest BCUT2D eigenvalue weighted by molar-refractivity contribution is 0.0953. The van der Waals surface area contributed by atoms with Crippen LogP contribution in [0.2, 0.25) is 0 Å². The molecular weight excluding hydrogens is 338 g/mol. The Morgan fingerprint density at radius 3 is 3.04 bits per heavy atom. The molecule has 0 aliphatic heterocycles. The Bertz CT molecular complexity index is 1010. The van der Waals surface area contributed by atoms with E-state index in [1.54, 1.807) is 17.8 Å². The highest BCUT2D eigenvalue weighted by atomic mass is 32.1. The lowest BCUT2D eigenvalue weighted by Gasteiger charge is -2.03. The first-order chi connectivity index (χ1) is 12.3. The van der Waals surface area contributed by atoms with Crippen molar-refractivity contribution in [1.29, 1.82) is 0 Å². The van der Waals surface area contributed by atoms with Gasteiger partial charge in [0, 0.05) is 24.7 Å². The van der Waals surface area contributed by atoms with Gasteiger partial charge in [-0.1, -0.05) is 11.2 Å². The second-order valence-corrected chi connectivity index (χ2v) is 6.15. The van der Waals surface area contributed by atoms with Gasteiger partial charge in [-0.15, -0.1) is 11.3 Å². The van der Waals surface area contributed by atoms with Gasteiger partial charge in [-0.3, -0.25) is 9.78 Å². The monoisotopic (exact) mass is 351 g/mol. The van der Waals surface area contributed by atoms with E-state index in [0.29, 0.717) is 35.9 Å². The molecule has 1 N–H and O–H groups in total. The van der Waals surface area contributed by atoms with Gasteiger partial charge in [-0.2, -0.15) is 4.98 Å². The molecule has 8 heteroatoms. The highest BCUT2D eigenvalue weighted by Crippen LogP contribution is 2.19. The molecule has 4 aromatic rings. The number of nitrogens with zero attached hydrogens (tertiary/aromatic N) is 4. The molecule has 0 bridgehead atoms. The lowest BCUT2D eigenvalue weighted by Crippen LogP contribution is -2.25. The molecule has 0 atom stereocenters. The van der Waals surface area contributed by atoms with E-state index >= 15 is 0 Å². The van der Waals surface area contributed by atoms with E-state index in [1.807, 2.05) is 30.3 Å². The first kappa shape index (κ1) is 15.4. The van der Waals surface area contributed by atoms with E-state index in [1.165, 1.54) is 11.3 Å². The Morgan fingerprint density at radius 1 is 1.20 bits per heavy atom. The maximum absolute atomic E-state index is 12.2. The smallest absolute Gasteiger partial charge is 0.251 e. The molecule has 0 saturated heterocycles. The number of rotatable bonds is 5. The van der Waals surface area contributed by atoms with Crippen LogP contribution < -0.4 is 5.32 Å². The van der Waals surface area contributed by atoms with E-state index in [9.17, 15) is 4.79 Å². The van der Waals surface area contributed by atoms with Crippen LogP contribution >= 0.6 is 11.3 Å². The Kier molecular flexibility index (Phi) is 4.17. The van der Waals surface area contributed by atoms with Crippen LogP contribution in [0.4, 0.5) is 0 Å². The molecule has 0 spiro atoms. The molecule has 1 amide bonds. The molecule has 0 saturated carbocycles. The molecule has 0 unspecified atom stereocenters. The van der Waals surface area contributed by atoms with Crippen LogP contribution in [0.25, 0.3) is 21.7 Å². The van der Waals surface area contributed by atoms with Crippen LogP contribution in [-0.4, -0.2) is 32.6 Å². The average Bonchev–Trinajstić information content (AvgIpc) is 3.31. The number of nitrogens with one attached hydrogen (secondary N) is 1. The first-order valence-electron chi connectivity index (χ1n) is 7.65. The number of carbonyl (C=O) groups excluding carboxylic acids is 1. The van der Waals surface area contributed by atoms with E-state index in [4.69, 9.17) is 4.52 Å². The number of amides is 1. The minimum atomic E-state index is -0.139. The Morgan fingerprint density at radius 2 is 2.16 bits per heavy atom. The summed E-state index contributed by atoms with van der Waals surface area (Å²) in [6.45, 7) is 0.406. The van der Waals surface area contributed by atoms with Crippen molar-refractivity contribution in [3.63, 3.8) is 0 Å². The molecule has 7 nitrogen and oxygen atoms in total. The summed E-state index contributed by atoms with van der Waals surface area (Å²) in [7, 11) is 0. The third kappa shape index (κ3) is 3.38. The Balaban J connectivity index is 1.36. The van der Waals surface area contributed by atoms with E-state index in [0.717, 1.165) is 10.2 Å². The number of carbonyl (C=O) groups is 1. The SMILES string of the molecule is O=C(NCCc1nc(-c2ccccn2)no1)c1ccc2ncsc2c1. The maximum atomic E-state index is 12.2. The summed E-state index contributed by atoms with van der Waals surface area (Å²) in [6, 6.07) is 10.9. The number of thiazole rings is 1. The van der Waals surface area contributed by atoms with Gasteiger partial charge in [-0.25, -0.2) is 4.98 Å². The van der Waals surface area contributed by atoms with Crippen molar-refractivity contribution >= 4 is 27.5 Å². The summed E-state index contributed by atoms with van der Waals surface area (Å²) in [5, 5.41) is 6.76. The van der Waals surface area contributed by atoms with Crippen LogP contribution in [0.3, 0.4) is 0 Å². The highest BCUT2D eigenvalue weighted by Gasteiger charge is 2.11. The predicted molar refractivity (Wildman–Crippen MR) is 93.2 cm³/mol. The van der Waals surface area contributed by atoms with Crippen LogP contribution in [-0.2, 0) is 6.42 Å². The molecule has 0 fully saturated rings. The third-order valence-corrected chi connectivity index (χ3v) is 4.37. The zero-order valence-corrected chi connectivity index (χ0v) is 13.9. The van der Waals surface area contributed by atoms with E-state index in [2.05, 4.69) is 25.4 Å². The number of benzene rings is 1. The highest BCUT2D eigenvalue weighted by molar-refractivity contribution is 7.16. The second kappa shape index (κ2) is 6.78. The molecule has 3 heterocycles. The van der Waals surface area contributed by atoms with Gasteiger partial charge in [0.2, 0.25) is 11.7 Å². The molecule has 0 aliphatic rings. The van der Waals surface area contributed by atoms with Crippen molar-refractivity contribution in [2.45, 2.75) is 6.42 Å². The van der Waals surface area contributed by atoms with Gasteiger partial charge in [0.1, 0.15) is 5.69 Å². The molecule has 1 aromatic carbocycles. The normalized spacial score (nSPS) is 10.9. The van der Waals surface area contributed by atoms with Crippen molar-refractivity contribution in [3.05, 3.63) is 59.6 Å². The van der Waals surface area contributed by atoms with Gasteiger partial charge in [0.25, 0.3) is 5.91 Å². The predicted octanol–water partition coefficient (Wildman–Crippen LogP) is 2.71. The van der Waals surface area contributed by atoms with Crippen LogP contribution in [0.1, 0.15) is 16.2 Å². The number of hydrogen-bond donors (Lipinski definition) is 1. The van der Waals surface area contributed by atoms with Crippen molar-refractivity contribution in [2.24, 2.45) is 0 Å². The summed E-state index contributed by atoms with van der Waals surface area (Å²) in [5.74, 6) is 0.760. The summed E-state index contributed by atoms with van der Waals surface area (Å²) >= 11 is 1.51. The van der Waals surface area contributed by atoms with Gasteiger partial charge in [0.05, 0.1) is 15.7 Å². The molecular formula is C17H13N5O2S. The molecule has 3 aromatic heterocycles. The van der Waals surface area contributed by atoms with Gasteiger partial charge >= 0.3 is 0 Å². The lowest BCUT2D eigenvalue weighted by atomic mass is 10.2. The summed E-state index contributed by atoms with van der Waals surface area (Å²) in [5.41, 5.74) is 3.92. The van der Waals surface area contributed by atoms with Crippen molar-refractivity contribution in [1.82, 2.24) is 25.4 Å². The molecule has 0 aliphatic carbocycles. The van der Waals surface area contributed by atoms with E-state index < -0.39 is 0 Å². The minimum absolute atomic E-state index is 0.139. The van der Waals surface area contributed by atoms with E-state index in [-0.39, 0.29) is 5.91 Å². The Labute approximate surface area is 146 Å². The number of pyridine rings is 1. The maximum Gasteiger partial charge on any atom is 0.251 e. The summed E-state index contributed by atoms with van der Waals surface area (Å²) < 4.78 is 6.19. The molecule has 124 valence electrons. The molecule has 25 heavy (non-hydrogen) atoms. The number of hydrogen-bond acceptors (Lipinski definition) is 7. The number of fused-ring (bicyclic) bond motifs is 1. The van der Waals surface area contributed by atoms with Gasteiger partial charge in [-0.05, 0) is 30.3 Å². The summed E-state index contributed by atoms with van der Waals surface area (Å²) in [4.78, 5) is 24.9. The van der Waals surface area contributed by atoms with Crippen LogP contribution in [0.5, 0.6) is 0 Å². The van der Waals surface area contributed by atoms with Crippen molar-refractivity contribution < 1.29 is 9.32 Å². The topological polar surface area (TPSA) is 93.8 Å². The zero-order valence-electron chi connectivity index (χ0n) is 13.0. The van der Waals surface area contributed by atoms with Gasteiger partial charge in [0.15, 0.2) is 0 Å². The minimum Gasteiger partial charge on any atom is -0.352 e. The van der Waals surface area contributed by atoms with Crippen molar-refractivity contribution in [2.75, 3.05) is 6.54 Å². The summed E-state index contributed by atoms with van der Waals surface area (Å²) in [6.07, 6.45) is 2.12. The molecule has 4 rings (SSSR count). The quantitative estimate of drug-likeness (QED) is 0.594. The van der Waals surface area contributed by atoms with Crippen LogP contribution in [0, 0.1) is 0 Å². The fourth-order valence-electron chi connectivity index (χ4n) is 2.34. The molecule has 0 radical (unpaired) electrons. The van der Waals surface area contributed by atoms with Gasteiger partial charge < -0.3 is 9.84 Å². The largest absolute Gasteiger partial charge is 0.352 e. The first-order valence-corrected chi connectivity index (χ1v) is 8.53. The fourth-order valence-corrected chi connectivity index (χ4v) is 3.05. The number of aromatic nitrogens is 4. The zero-order chi connectivity index (χ0) is 17.1. The van der Waals surface area contributed by atoms with Crippen molar-refractivity contribution in [3.8, 4) is 11.5 Å². The standard InChI is InChI=1S/C17H13N5O2S/c23-17(11-4-5-12-14(9-11)25-10-20-12)19-8-6-15-21-16(22-24-15)13-3-1-2-7-18-13/h1-5,7,9-10H,6,8H2,(H,19,23). The average molecular weight is 351 g/mol. The third-order valence-electron chi connectivity index (χ3n) is 3.58. The fraction of sp³-hybridized carbons (Fsp3) is 0.118. The second-order valence-electron chi connectivity index (χ2n) is 5.27.